The predicted octanol–water partition coefficient (Wildman–Crippen LogP) is 1.53. The van der Waals surface area contributed by atoms with Crippen molar-refractivity contribution in [1.29, 1.82) is 0 Å². The molecule has 1 amide bonds. The number of carbonyl (C=O) groups excluding carboxylic acids is 1. The molecule has 0 radical (unpaired) electrons. The Hall–Kier alpha value is -2.15. The maximum atomic E-state index is 12.0. The van der Waals surface area contributed by atoms with Crippen molar-refractivity contribution in [1.82, 2.24) is 19.8 Å². The molecule has 0 spiro atoms. The molecule has 3 heterocycles. The van der Waals surface area contributed by atoms with E-state index in [9.17, 15) is 4.79 Å². The Morgan fingerprint density at radius 1 is 1.45 bits per heavy atom. The topological polar surface area (TPSA) is 76.2 Å². The average Bonchev–Trinajstić information content (AvgIpc) is 3.08. The van der Waals surface area contributed by atoms with Crippen LogP contribution in [0.5, 0.6) is 0 Å². The fraction of sp³-hybridized carbons (Fsp3) is 0.533. The van der Waals surface area contributed by atoms with E-state index in [1.54, 1.807) is 6.07 Å². The number of nitrogens with zero attached hydrogens (tertiary/aromatic N) is 4. The van der Waals surface area contributed by atoms with Gasteiger partial charge in [0.15, 0.2) is 0 Å². The highest BCUT2D eigenvalue weighted by atomic mass is 16.5. The van der Waals surface area contributed by atoms with Crippen LogP contribution in [0.3, 0.4) is 0 Å². The number of anilines is 1. The SMILES string of the molecule is Cc1cc(NC(=O)CN2CCC(c3cnn(C)c3)CC2)on1. The van der Waals surface area contributed by atoms with Crippen molar-refractivity contribution in [3.8, 4) is 0 Å². The zero-order valence-electron chi connectivity index (χ0n) is 13.0. The van der Waals surface area contributed by atoms with E-state index in [2.05, 4.69) is 26.7 Å². The molecule has 0 aliphatic carbocycles. The Morgan fingerprint density at radius 2 is 2.23 bits per heavy atom. The summed E-state index contributed by atoms with van der Waals surface area (Å²) in [5, 5.41) is 10.7. The Balaban J connectivity index is 1.46. The molecule has 0 aromatic carbocycles. The molecule has 1 saturated heterocycles. The number of amides is 1. The maximum Gasteiger partial charge on any atom is 0.240 e. The van der Waals surface area contributed by atoms with Gasteiger partial charge in [0, 0.05) is 19.3 Å². The van der Waals surface area contributed by atoms with Crippen LogP contribution in [0.15, 0.2) is 23.0 Å². The molecule has 7 nitrogen and oxygen atoms in total. The molecule has 1 aliphatic heterocycles. The van der Waals surface area contributed by atoms with Crippen molar-refractivity contribution in [3.63, 3.8) is 0 Å². The van der Waals surface area contributed by atoms with E-state index in [0.717, 1.165) is 31.6 Å². The average molecular weight is 303 g/mol. The third-order valence-corrected chi connectivity index (χ3v) is 4.04. The minimum absolute atomic E-state index is 0.0593. The molecule has 1 N–H and O–H groups in total. The zero-order chi connectivity index (χ0) is 15.5. The summed E-state index contributed by atoms with van der Waals surface area (Å²) in [5.74, 6) is 0.897. The van der Waals surface area contributed by atoms with Crippen LogP contribution >= 0.6 is 0 Å². The lowest BCUT2D eigenvalue weighted by atomic mass is 9.91. The van der Waals surface area contributed by atoms with Crippen LogP contribution < -0.4 is 5.32 Å². The first-order valence-electron chi connectivity index (χ1n) is 7.54. The number of carbonyl (C=O) groups is 1. The molecule has 3 rings (SSSR count). The highest BCUT2D eigenvalue weighted by Gasteiger charge is 2.23. The number of aromatic nitrogens is 3. The van der Waals surface area contributed by atoms with Crippen LogP contribution in [0.4, 0.5) is 5.88 Å². The molecular formula is C15H21N5O2. The second-order valence-electron chi connectivity index (χ2n) is 5.88. The smallest absolute Gasteiger partial charge is 0.240 e. The number of rotatable bonds is 4. The van der Waals surface area contributed by atoms with Gasteiger partial charge in [-0.15, -0.1) is 0 Å². The summed E-state index contributed by atoms with van der Waals surface area (Å²) >= 11 is 0. The van der Waals surface area contributed by atoms with Gasteiger partial charge in [0.05, 0.1) is 18.4 Å². The normalized spacial score (nSPS) is 16.8. The second kappa shape index (κ2) is 6.31. The fourth-order valence-electron chi connectivity index (χ4n) is 2.88. The largest absolute Gasteiger partial charge is 0.338 e. The molecule has 118 valence electrons. The number of likely N-dealkylation sites (tertiary alicyclic amines) is 1. The van der Waals surface area contributed by atoms with Crippen molar-refractivity contribution in [3.05, 3.63) is 29.7 Å². The summed E-state index contributed by atoms with van der Waals surface area (Å²) in [6.45, 7) is 4.05. The van der Waals surface area contributed by atoms with Gasteiger partial charge < -0.3 is 4.52 Å². The summed E-state index contributed by atoms with van der Waals surface area (Å²) in [6, 6.07) is 1.71. The number of piperidine rings is 1. The third kappa shape index (κ3) is 3.54. The van der Waals surface area contributed by atoms with Gasteiger partial charge in [-0.3, -0.25) is 19.7 Å². The van der Waals surface area contributed by atoms with E-state index >= 15 is 0 Å². The van der Waals surface area contributed by atoms with Crippen molar-refractivity contribution >= 4 is 11.8 Å². The predicted molar refractivity (Wildman–Crippen MR) is 81.5 cm³/mol. The number of hydrogen-bond acceptors (Lipinski definition) is 5. The highest BCUT2D eigenvalue weighted by molar-refractivity contribution is 5.90. The van der Waals surface area contributed by atoms with E-state index < -0.39 is 0 Å². The molecule has 0 bridgehead atoms. The van der Waals surface area contributed by atoms with Crippen LogP contribution in [0, 0.1) is 6.92 Å². The van der Waals surface area contributed by atoms with Gasteiger partial charge in [0.25, 0.3) is 0 Å². The van der Waals surface area contributed by atoms with Crippen LogP contribution in [0.1, 0.15) is 30.0 Å². The first-order chi connectivity index (χ1) is 10.6. The maximum absolute atomic E-state index is 12.0. The standard InChI is InChI=1S/C15H21N5O2/c1-11-7-15(22-18-11)17-14(21)10-20-5-3-12(4-6-20)13-8-16-19(2)9-13/h7-9,12H,3-6,10H2,1-2H3,(H,17,21). The lowest BCUT2D eigenvalue weighted by Gasteiger charge is -2.30. The third-order valence-electron chi connectivity index (χ3n) is 4.04. The summed E-state index contributed by atoms with van der Waals surface area (Å²) in [7, 11) is 1.94. The van der Waals surface area contributed by atoms with Gasteiger partial charge >= 0.3 is 0 Å². The Labute approximate surface area is 129 Å². The Kier molecular flexibility index (Phi) is 4.24. The zero-order valence-corrected chi connectivity index (χ0v) is 13.0. The Bertz CT molecular complexity index is 640. The van der Waals surface area contributed by atoms with Gasteiger partial charge in [0.1, 0.15) is 0 Å². The van der Waals surface area contributed by atoms with Crippen LogP contribution in [-0.2, 0) is 11.8 Å². The molecular weight excluding hydrogens is 282 g/mol. The second-order valence-corrected chi connectivity index (χ2v) is 5.88. The lowest BCUT2D eigenvalue weighted by Crippen LogP contribution is -2.38. The highest BCUT2D eigenvalue weighted by Crippen LogP contribution is 2.27. The number of hydrogen-bond donors (Lipinski definition) is 1. The molecule has 0 atom stereocenters. The van der Waals surface area contributed by atoms with Gasteiger partial charge in [-0.25, -0.2) is 0 Å². The van der Waals surface area contributed by atoms with Gasteiger partial charge in [-0.2, -0.15) is 5.10 Å². The molecule has 1 aliphatic rings. The Morgan fingerprint density at radius 3 is 2.82 bits per heavy atom. The summed E-state index contributed by atoms with van der Waals surface area (Å²) in [5.41, 5.74) is 2.05. The number of nitrogens with one attached hydrogen (secondary N) is 1. The molecule has 0 saturated carbocycles. The van der Waals surface area contributed by atoms with E-state index in [1.165, 1.54) is 5.56 Å². The van der Waals surface area contributed by atoms with Crippen molar-refractivity contribution in [2.75, 3.05) is 25.0 Å². The molecule has 2 aromatic rings. The van der Waals surface area contributed by atoms with Gasteiger partial charge in [-0.05, 0) is 44.3 Å². The minimum Gasteiger partial charge on any atom is -0.338 e. The van der Waals surface area contributed by atoms with Crippen molar-refractivity contribution < 1.29 is 9.32 Å². The summed E-state index contributed by atoms with van der Waals surface area (Å²) < 4.78 is 6.83. The number of aryl methyl sites for hydroxylation is 2. The molecule has 1 fully saturated rings. The van der Waals surface area contributed by atoms with Crippen LogP contribution in [-0.4, -0.2) is 45.4 Å². The van der Waals surface area contributed by atoms with Gasteiger partial charge in [-0.1, -0.05) is 5.16 Å². The quantitative estimate of drug-likeness (QED) is 0.927. The van der Waals surface area contributed by atoms with Crippen LogP contribution in [0.25, 0.3) is 0 Å². The summed E-state index contributed by atoms with van der Waals surface area (Å²) in [4.78, 5) is 14.2. The molecule has 2 aromatic heterocycles. The van der Waals surface area contributed by atoms with Crippen LogP contribution in [0.2, 0.25) is 0 Å². The fourth-order valence-corrected chi connectivity index (χ4v) is 2.88. The summed E-state index contributed by atoms with van der Waals surface area (Å²) in [6.07, 6.45) is 6.14. The monoisotopic (exact) mass is 303 g/mol. The molecule has 0 unspecified atom stereocenters. The van der Waals surface area contributed by atoms with Gasteiger partial charge in [0.2, 0.25) is 11.8 Å². The lowest BCUT2D eigenvalue weighted by molar-refractivity contribution is -0.117. The minimum atomic E-state index is -0.0593. The van der Waals surface area contributed by atoms with E-state index in [0.29, 0.717) is 18.3 Å². The van der Waals surface area contributed by atoms with E-state index in [1.807, 2.05) is 24.9 Å². The first-order valence-corrected chi connectivity index (χ1v) is 7.54. The molecule has 22 heavy (non-hydrogen) atoms. The first kappa shape index (κ1) is 14.8. The van der Waals surface area contributed by atoms with E-state index in [-0.39, 0.29) is 5.91 Å². The van der Waals surface area contributed by atoms with Crippen molar-refractivity contribution in [2.24, 2.45) is 7.05 Å². The van der Waals surface area contributed by atoms with E-state index in [4.69, 9.17) is 4.52 Å². The molecule has 7 heteroatoms. The van der Waals surface area contributed by atoms with Crippen molar-refractivity contribution in [2.45, 2.75) is 25.7 Å².